The maximum absolute atomic E-state index is 13.8. The molecule has 0 saturated heterocycles. The molecule has 2 aromatic carbocycles. The fraction of sp³-hybridized carbons (Fsp3) is 0.233. The van der Waals surface area contributed by atoms with Gasteiger partial charge in [0.2, 0.25) is 5.95 Å². The summed E-state index contributed by atoms with van der Waals surface area (Å²) in [6.07, 6.45) is 4.85. The van der Waals surface area contributed by atoms with E-state index in [2.05, 4.69) is 37.6 Å². The van der Waals surface area contributed by atoms with Crippen LogP contribution in [0.5, 0.6) is 0 Å². The first-order valence-corrected chi connectivity index (χ1v) is 13.2. The van der Waals surface area contributed by atoms with E-state index in [9.17, 15) is 11.0 Å². The monoisotopic (exact) mass is 557 g/mol. The summed E-state index contributed by atoms with van der Waals surface area (Å²) in [5.41, 5.74) is 9.04. The predicted molar refractivity (Wildman–Crippen MR) is 154 cm³/mol. The van der Waals surface area contributed by atoms with Crippen molar-refractivity contribution in [3.05, 3.63) is 107 Å². The van der Waals surface area contributed by atoms with E-state index >= 15 is 0 Å². The highest BCUT2D eigenvalue weighted by Crippen LogP contribution is 2.38. The fourth-order valence-corrected chi connectivity index (χ4v) is 4.92. The molecule has 202 valence electrons. The molecule has 4 N–H and O–H groups in total. The number of nitriles is 1. The summed E-state index contributed by atoms with van der Waals surface area (Å²) in [5, 5.41) is 19.1. The Morgan fingerprint density at radius 2 is 2.00 bits per heavy atom. The maximum Gasteiger partial charge on any atom is 0.212 e. The zero-order valence-corrected chi connectivity index (χ0v) is 22.3. The average molecular weight is 558 g/mol. The number of hydrogen-bond donors (Lipinski definition) is 4. The van der Waals surface area contributed by atoms with Gasteiger partial charge in [-0.3, -0.25) is 9.99 Å². The molecule has 0 spiro atoms. The van der Waals surface area contributed by atoms with Crippen molar-refractivity contribution >= 4 is 33.9 Å². The Hall–Kier alpha value is -4.39. The number of pyridine rings is 2. The van der Waals surface area contributed by atoms with E-state index < -0.39 is 24.4 Å². The smallest absolute Gasteiger partial charge is 0.212 e. The third kappa shape index (κ3) is 5.24. The van der Waals surface area contributed by atoms with E-state index in [-0.39, 0.29) is 10.6 Å². The maximum atomic E-state index is 13.8. The van der Waals surface area contributed by atoms with Crippen molar-refractivity contribution in [1.82, 2.24) is 25.9 Å². The van der Waals surface area contributed by atoms with Gasteiger partial charge in [-0.2, -0.15) is 9.65 Å². The second-order valence-electron chi connectivity index (χ2n) is 9.58. The van der Waals surface area contributed by atoms with Crippen LogP contribution >= 0.6 is 11.6 Å². The number of aromatic nitrogens is 2. The number of nitrogens with one attached hydrogen (secondary N) is 4. The minimum absolute atomic E-state index is 0.204. The van der Waals surface area contributed by atoms with Gasteiger partial charge in [-0.1, -0.05) is 54.9 Å². The molecule has 0 unspecified atom stereocenters. The third-order valence-electron chi connectivity index (χ3n) is 6.84. The third-order valence-corrected chi connectivity index (χ3v) is 7.13. The second-order valence-corrected chi connectivity index (χ2v) is 9.98. The molecule has 0 bridgehead atoms. The predicted octanol–water partition coefficient (Wildman–Crippen LogP) is 6.34. The SMILES string of the molecule is [2H]C([2H])(C)[C@@H](Nc1c(C#N)cnc2c(Cl)cc(N[C@]([2H])(C3=CN(C4CC4)NN3)c3ccc(F)nc3)cc12)c1ccccc1. The van der Waals surface area contributed by atoms with Gasteiger partial charge in [0.15, 0.2) is 0 Å². The van der Waals surface area contributed by atoms with Crippen LogP contribution in [0.25, 0.3) is 10.9 Å². The van der Waals surface area contributed by atoms with E-state index in [1.807, 2.05) is 35.3 Å². The van der Waals surface area contributed by atoms with Crippen molar-refractivity contribution in [2.75, 3.05) is 10.6 Å². The number of hydrazine groups is 2. The molecule has 1 aliphatic heterocycles. The highest BCUT2D eigenvalue weighted by molar-refractivity contribution is 6.35. The molecule has 4 aromatic rings. The summed E-state index contributed by atoms with van der Waals surface area (Å²) in [6.45, 7) is 1.47. The molecule has 0 radical (unpaired) electrons. The Labute approximate surface area is 241 Å². The Balaban J connectivity index is 1.46. The van der Waals surface area contributed by atoms with E-state index in [0.29, 0.717) is 45.1 Å². The molecule has 3 heterocycles. The zero-order valence-electron chi connectivity index (χ0n) is 24.5. The summed E-state index contributed by atoms with van der Waals surface area (Å²) in [7, 11) is 0. The lowest BCUT2D eigenvalue weighted by atomic mass is 10.0. The van der Waals surface area contributed by atoms with Gasteiger partial charge in [-0.15, -0.1) is 5.53 Å². The quantitative estimate of drug-likeness (QED) is 0.177. The van der Waals surface area contributed by atoms with Crippen LogP contribution in [0.1, 0.15) is 59.0 Å². The van der Waals surface area contributed by atoms with Crippen molar-refractivity contribution < 1.29 is 8.50 Å². The van der Waals surface area contributed by atoms with Crippen LogP contribution in [0.2, 0.25) is 5.02 Å². The Morgan fingerprint density at radius 1 is 1.18 bits per heavy atom. The Bertz CT molecular complexity index is 1740. The van der Waals surface area contributed by atoms with Crippen LogP contribution < -0.4 is 21.6 Å². The summed E-state index contributed by atoms with van der Waals surface area (Å²) < 4.78 is 40.5. The molecule has 10 heteroatoms. The topological polar surface area (TPSA) is 101 Å². The van der Waals surface area contributed by atoms with Gasteiger partial charge in [0, 0.05) is 38.5 Å². The van der Waals surface area contributed by atoms with Gasteiger partial charge in [-0.05, 0) is 48.5 Å². The number of rotatable bonds is 9. The first-order valence-electron chi connectivity index (χ1n) is 14.3. The van der Waals surface area contributed by atoms with Crippen molar-refractivity contribution in [2.24, 2.45) is 0 Å². The van der Waals surface area contributed by atoms with Crippen molar-refractivity contribution in [2.45, 2.75) is 44.2 Å². The number of hydrogen-bond acceptors (Lipinski definition) is 8. The molecular formula is C30H28ClFN8. The summed E-state index contributed by atoms with van der Waals surface area (Å²) in [4.78, 5) is 8.20. The van der Waals surface area contributed by atoms with Crippen LogP contribution in [-0.4, -0.2) is 21.0 Å². The van der Waals surface area contributed by atoms with Crippen LogP contribution in [0.4, 0.5) is 15.8 Å². The molecule has 8 nitrogen and oxygen atoms in total. The highest BCUT2D eigenvalue weighted by Gasteiger charge is 2.32. The number of anilines is 2. The molecule has 6 rings (SSSR count). The Kier molecular flexibility index (Phi) is 6.17. The summed E-state index contributed by atoms with van der Waals surface area (Å²) in [6, 6.07) is 15.2. The normalized spacial score (nSPS) is 18.4. The van der Waals surface area contributed by atoms with Crippen LogP contribution in [0, 0.1) is 17.3 Å². The van der Waals surface area contributed by atoms with Gasteiger partial charge in [0.1, 0.15) is 6.07 Å². The lowest BCUT2D eigenvalue weighted by Gasteiger charge is -2.23. The van der Waals surface area contributed by atoms with Gasteiger partial charge in [0.05, 0.1) is 40.9 Å². The first kappa shape index (κ1) is 22.4. The molecule has 1 fully saturated rings. The second kappa shape index (κ2) is 11.0. The number of nitrogens with zero attached hydrogens (tertiary/aromatic N) is 4. The lowest BCUT2D eigenvalue weighted by Crippen LogP contribution is -2.38. The van der Waals surface area contributed by atoms with E-state index in [4.69, 9.17) is 14.3 Å². The van der Waals surface area contributed by atoms with Crippen molar-refractivity contribution in [3.63, 3.8) is 0 Å². The van der Waals surface area contributed by atoms with Crippen molar-refractivity contribution in [1.29, 1.82) is 5.26 Å². The lowest BCUT2D eigenvalue weighted by molar-refractivity contribution is 0.260. The molecular weight excluding hydrogens is 527 g/mol. The largest absolute Gasteiger partial charge is 0.377 e. The fourth-order valence-electron chi connectivity index (χ4n) is 4.65. The summed E-state index contributed by atoms with van der Waals surface area (Å²) in [5.74, 6) is -0.666. The molecule has 1 saturated carbocycles. The number of benzene rings is 2. The molecule has 40 heavy (non-hydrogen) atoms. The van der Waals surface area contributed by atoms with Crippen LogP contribution in [-0.2, 0) is 0 Å². The van der Waals surface area contributed by atoms with Crippen molar-refractivity contribution in [3.8, 4) is 6.07 Å². The van der Waals surface area contributed by atoms with Gasteiger partial charge in [0.25, 0.3) is 0 Å². The zero-order chi connectivity index (χ0) is 30.4. The minimum atomic E-state index is -1.71. The van der Waals surface area contributed by atoms with Crippen LogP contribution in [0.3, 0.4) is 0 Å². The van der Waals surface area contributed by atoms with Crippen LogP contribution in [0.15, 0.2) is 78.9 Å². The summed E-state index contributed by atoms with van der Waals surface area (Å²) >= 11 is 6.74. The number of halogens is 2. The standard InChI is InChI=1S/C30H28ClFN8/c1-2-25(18-6-4-3-5-7-18)37-28-20(14-33)16-35-30-23(28)12-21(13-24(30)31)36-29(19-8-11-27(32)34-15-19)26-17-40(39-38-26)22-9-10-22/h3-8,11-13,15-17,22,25,29,36,38-39H,2,9-10H2,1H3,(H,35,37)/t25-,29+/m1/s1/i2D2,29D. The average Bonchev–Trinajstić information content (AvgIpc) is 3.71. The molecule has 2 aliphatic rings. The van der Waals surface area contributed by atoms with Gasteiger partial charge >= 0.3 is 0 Å². The van der Waals surface area contributed by atoms with E-state index in [0.717, 1.165) is 12.8 Å². The number of fused-ring (bicyclic) bond motifs is 1. The minimum Gasteiger partial charge on any atom is -0.377 e. The van der Waals surface area contributed by atoms with E-state index in [1.54, 1.807) is 18.3 Å². The molecule has 0 amide bonds. The first-order chi connectivity index (χ1) is 20.6. The Morgan fingerprint density at radius 3 is 2.70 bits per heavy atom. The molecule has 1 aliphatic carbocycles. The van der Waals surface area contributed by atoms with Gasteiger partial charge < -0.3 is 16.1 Å². The molecule has 2 aromatic heterocycles. The van der Waals surface area contributed by atoms with E-state index in [1.165, 1.54) is 31.5 Å². The highest BCUT2D eigenvalue weighted by atomic mass is 35.5. The van der Waals surface area contributed by atoms with Gasteiger partial charge in [-0.25, -0.2) is 4.98 Å². The molecule has 2 atom stereocenters.